The van der Waals surface area contributed by atoms with Gasteiger partial charge in [0.25, 0.3) is 10.1 Å². The average Bonchev–Trinajstić information content (AvgIpc) is 3.45. The second-order valence-electron chi connectivity index (χ2n) is 12.2. The van der Waals surface area contributed by atoms with E-state index < -0.39 is 15.9 Å². The molecule has 4 fully saturated rings. The van der Waals surface area contributed by atoms with Crippen LogP contribution in [0.25, 0.3) is 0 Å². The molecule has 1 saturated heterocycles. The highest BCUT2D eigenvalue weighted by Gasteiger charge is 2.67. The van der Waals surface area contributed by atoms with Crippen LogP contribution < -0.4 is 0 Å². The third kappa shape index (κ3) is 3.76. The molecular formula is C29H40O6S. The van der Waals surface area contributed by atoms with Gasteiger partial charge in [-0.3, -0.25) is 4.18 Å². The Bertz CT molecular complexity index is 1120. The molecule has 0 radical (unpaired) electrons. The molecule has 6 rings (SSSR count). The van der Waals surface area contributed by atoms with Gasteiger partial charge in [-0.15, -0.1) is 0 Å². The molecule has 36 heavy (non-hydrogen) atoms. The summed E-state index contributed by atoms with van der Waals surface area (Å²) in [6, 6.07) is 6.84. The van der Waals surface area contributed by atoms with Gasteiger partial charge in [-0.1, -0.05) is 36.3 Å². The first-order chi connectivity index (χ1) is 17.2. The average molecular weight is 517 g/mol. The summed E-state index contributed by atoms with van der Waals surface area (Å²) in [6.45, 7) is 5.88. The standard InChI is InChI=1S/C29H40O6S/c1-20-3-6-23(7-4-20)36(31,32)35-16-15-28-13-9-22(30)19-21(28)5-8-24-25-11-14-29(33-17-18-34-29)27(25,2)12-10-26(24)28/h3-7,22,24-26,30H,8-19H2,1-2H3/t22-,24-,25-,26-,27-,28+/m0/s1. The first-order valence-corrected chi connectivity index (χ1v) is 15.2. The van der Waals surface area contributed by atoms with E-state index in [2.05, 4.69) is 13.0 Å². The molecule has 0 bridgehead atoms. The van der Waals surface area contributed by atoms with Gasteiger partial charge in [-0.2, -0.15) is 8.42 Å². The normalized spacial score (nSPS) is 39.4. The van der Waals surface area contributed by atoms with Gasteiger partial charge in [0.1, 0.15) is 0 Å². The van der Waals surface area contributed by atoms with E-state index in [0.717, 1.165) is 50.5 Å². The molecule has 0 amide bonds. The predicted octanol–water partition coefficient (Wildman–Crippen LogP) is 5.14. The van der Waals surface area contributed by atoms with E-state index in [4.69, 9.17) is 13.7 Å². The van der Waals surface area contributed by atoms with Crippen molar-refractivity contribution in [2.45, 2.75) is 88.4 Å². The number of benzene rings is 1. The zero-order valence-corrected chi connectivity index (χ0v) is 22.4. The largest absolute Gasteiger partial charge is 0.393 e. The van der Waals surface area contributed by atoms with Crippen molar-refractivity contribution in [1.82, 2.24) is 0 Å². The number of aryl methyl sites for hydroxylation is 1. The Morgan fingerprint density at radius 2 is 1.75 bits per heavy atom. The molecule has 6 nitrogen and oxygen atoms in total. The minimum atomic E-state index is -3.80. The molecule has 0 aromatic heterocycles. The van der Waals surface area contributed by atoms with E-state index in [0.29, 0.717) is 43.8 Å². The highest BCUT2D eigenvalue weighted by Crippen LogP contribution is 2.69. The van der Waals surface area contributed by atoms with Crippen molar-refractivity contribution in [3.63, 3.8) is 0 Å². The van der Waals surface area contributed by atoms with Crippen LogP contribution in [0.4, 0.5) is 0 Å². The maximum Gasteiger partial charge on any atom is 0.296 e. The minimum Gasteiger partial charge on any atom is -0.393 e. The number of ether oxygens (including phenoxy) is 2. The molecule has 1 aliphatic heterocycles. The quantitative estimate of drug-likeness (QED) is 0.431. The van der Waals surface area contributed by atoms with Crippen LogP contribution in [0.1, 0.15) is 70.3 Å². The molecule has 7 heteroatoms. The van der Waals surface area contributed by atoms with Crippen LogP contribution in [0.5, 0.6) is 0 Å². The Hall–Kier alpha value is -1.25. The predicted molar refractivity (Wildman–Crippen MR) is 136 cm³/mol. The smallest absolute Gasteiger partial charge is 0.296 e. The number of rotatable bonds is 5. The van der Waals surface area contributed by atoms with E-state index >= 15 is 0 Å². The first-order valence-electron chi connectivity index (χ1n) is 13.8. The molecule has 5 aliphatic rings. The minimum absolute atomic E-state index is 0.0245. The van der Waals surface area contributed by atoms with Gasteiger partial charge in [0.05, 0.1) is 30.8 Å². The SMILES string of the molecule is Cc1ccc(S(=O)(=O)OCC[C@]23CC[C@H](O)CC2=CC[C@@H]2[C@@H]3CC[C@@]3(C)[C@H]2CCC32OCCO2)cc1. The summed E-state index contributed by atoms with van der Waals surface area (Å²) in [4.78, 5) is 0.211. The van der Waals surface area contributed by atoms with Gasteiger partial charge < -0.3 is 14.6 Å². The molecule has 0 unspecified atom stereocenters. The lowest BCUT2D eigenvalue weighted by Gasteiger charge is -2.59. The van der Waals surface area contributed by atoms with E-state index in [1.54, 1.807) is 24.3 Å². The highest BCUT2D eigenvalue weighted by atomic mass is 32.2. The molecule has 4 aliphatic carbocycles. The van der Waals surface area contributed by atoms with E-state index in [1.165, 1.54) is 5.57 Å². The lowest BCUT2D eigenvalue weighted by atomic mass is 9.46. The van der Waals surface area contributed by atoms with Gasteiger partial charge in [-0.05, 0) is 93.6 Å². The van der Waals surface area contributed by atoms with Crippen molar-refractivity contribution in [3.8, 4) is 0 Å². The Labute approximate surface area is 215 Å². The topological polar surface area (TPSA) is 82.1 Å². The fourth-order valence-corrected chi connectivity index (χ4v) is 9.81. The summed E-state index contributed by atoms with van der Waals surface area (Å²) in [5.41, 5.74) is 2.28. The van der Waals surface area contributed by atoms with E-state index in [9.17, 15) is 13.5 Å². The maximum absolute atomic E-state index is 12.9. The van der Waals surface area contributed by atoms with Crippen molar-refractivity contribution in [2.75, 3.05) is 19.8 Å². The highest BCUT2D eigenvalue weighted by molar-refractivity contribution is 7.86. The Morgan fingerprint density at radius 1 is 1.03 bits per heavy atom. The molecule has 1 heterocycles. The molecule has 1 N–H and O–H groups in total. The van der Waals surface area contributed by atoms with Crippen molar-refractivity contribution in [3.05, 3.63) is 41.5 Å². The summed E-state index contributed by atoms with van der Waals surface area (Å²) >= 11 is 0. The summed E-state index contributed by atoms with van der Waals surface area (Å²) < 4.78 is 44.0. The van der Waals surface area contributed by atoms with Crippen LogP contribution in [-0.4, -0.2) is 45.2 Å². The van der Waals surface area contributed by atoms with Gasteiger partial charge >= 0.3 is 0 Å². The van der Waals surface area contributed by atoms with Gasteiger partial charge in [-0.25, -0.2) is 0 Å². The Balaban J connectivity index is 1.25. The van der Waals surface area contributed by atoms with E-state index in [1.807, 2.05) is 6.92 Å². The summed E-state index contributed by atoms with van der Waals surface area (Å²) in [5.74, 6) is 1.12. The summed E-state index contributed by atoms with van der Waals surface area (Å²) in [7, 11) is -3.80. The summed E-state index contributed by atoms with van der Waals surface area (Å²) in [5, 5.41) is 10.5. The fourth-order valence-electron chi connectivity index (χ4n) is 8.90. The number of aliphatic hydroxyl groups excluding tert-OH is 1. The number of aliphatic hydroxyl groups is 1. The van der Waals surface area contributed by atoms with Crippen LogP contribution >= 0.6 is 0 Å². The lowest BCUT2D eigenvalue weighted by molar-refractivity contribution is -0.242. The third-order valence-electron chi connectivity index (χ3n) is 10.7. The van der Waals surface area contributed by atoms with E-state index in [-0.39, 0.29) is 28.4 Å². The zero-order valence-electron chi connectivity index (χ0n) is 21.6. The molecule has 1 aromatic rings. The third-order valence-corrected chi connectivity index (χ3v) is 12.0. The monoisotopic (exact) mass is 516 g/mol. The van der Waals surface area contributed by atoms with Gasteiger partial charge in [0, 0.05) is 11.8 Å². The summed E-state index contributed by atoms with van der Waals surface area (Å²) in [6.07, 6.45) is 10.4. The molecule has 3 saturated carbocycles. The second kappa shape index (κ2) is 8.91. The maximum atomic E-state index is 12.9. The number of hydrogen-bond donors (Lipinski definition) is 1. The van der Waals surface area contributed by atoms with Crippen LogP contribution in [0.15, 0.2) is 40.8 Å². The lowest BCUT2D eigenvalue weighted by Crippen LogP contribution is -2.55. The van der Waals surface area contributed by atoms with Crippen LogP contribution in [0.2, 0.25) is 0 Å². The van der Waals surface area contributed by atoms with Crippen molar-refractivity contribution in [1.29, 1.82) is 0 Å². The molecule has 198 valence electrons. The number of hydrogen-bond acceptors (Lipinski definition) is 6. The van der Waals surface area contributed by atoms with Crippen LogP contribution in [0, 0.1) is 35.5 Å². The Morgan fingerprint density at radius 3 is 2.50 bits per heavy atom. The molecule has 1 spiro atoms. The van der Waals surface area contributed by atoms with Crippen molar-refractivity contribution in [2.24, 2.45) is 28.6 Å². The number of allylic oxidation sites excluding steroid dienone is 1. The second-order valence-corrected chi connectivity index (χ2v) is 13.8. The molecular weight excluding hydrogens is 476 g/mol. The Kier molecular flexibility index (Phi) is 6.20. The van der Waals surface area contributed by atoms with Gasteiger partial charge in [0.15, 0.2) is 5.79 Å². The number of fused-ring (bicyclic) bond motifs is 6. The van der Waals surface area contributed by atoms with Crippen LogP contribution in [0.3, 0.4) is 0 Å². The zero-order chi connectivity index (χ0) is 25.2. The first kappa shape index (κ1) is 25.1. The van der Waals surface area contributed by atoms with Crippen molar-refractivity contribution >= 4 is 10.1 Å². The van der Waals surface area contributed by atoms with Gasteiger partial charge in [0.2, 0.25) is 0 Å². The van der Waals surface area contributed by atoms with Crippen molar-refractivity contribution < 1.29 is 27.2 Å². The van der Waals surface area contributed by atoms with Crippen LogP contribution in [-0.2, 0) is 23.8 Å². The fraction of sp³-hybridized carbons (Fsp3) is 0.724. The molecule has 6 atom stereocenters. The molecule has 1 aromatic carbocycles.